The molecule has 2 atom stereocenters. The lowest BCUT2D eigenvalue weighted by molar-refractivity contribution is -0.153. The Bertz CT molecular complexity index is 910. The van der Waals surface area contributed by atoms with Gasteiger partial charge in [0.2, 0.25) is 11.8 Å². The number of cyclic esters (lactones) is 1. The van der Waals surface area contributed by atoms with Crippen LogP contribution in [0.15, 0.2) is 24.3 Å². The second kappa shape index (κ2) is 10.5. The minimum atomic E-state index is -0.547. The van der Waals surface area contributed by atoms with E-state index >= 15 is 0 Å². The number of nitrogens with one attached hydrogen (secondary N) is 1. The SMILES string of the molecule is CC(=O)NC(C)C(=O)N1CCC2(CC1)C[C@H](CCN1CCN(c3cccc(Cl)c3)CC1)OC2=O. The van der Waals surface area contributed by atoms with Crippen LogP contribution in [0.3, 0.4) is 0 Å². The maximum atomic E-state index is 12.8. The highest BCUT2D eigenvalue weighted by atomic mass is 35.5. The van der Waals surface area contributed by atoms with Crippen molar-refractivity contribution in [1.82, 2.24) is 15.1 Å². The van der Waals surface area contributed by atoms with E-state index in [4.69, 9.17) is 16.3 Å². The molecule has 8 nitrogen and oxygen atoms in total. The molecule has 3 aliphatic heterocycles. The van der Waals surface area contributed by atoms with Gasteiger partial charge in [-0.2, -0.15) is 0 Å². The second-order valence-electron chi connectivity index (χ2n) is 9.86. The van der Waals surface area contributed by atoms with E-state index < -0.39 is 11.5 Å². The number of piperazine rings is 1. The van der Waals surface area contributed by atoms with Crippen molar-refractivity contribution < 1.29 is 19.1 Å². The van der Waals surface area contributed by atoms with E-state index in [9.17, 15) is 14.4 Å². The predicted octanol–water partition coefficient (Wildman–Crippen LogP) is 2.30. The molecule has 0 radical (unpaired) electrons. The number of piperidine rings is 1. The van der Waals surface area contributed by atoms with Gasteiger partial charge in [0.05, 0.1) is 5.41 Å². The van der Waals surface area contributed by atoms with E-state index in [0.717, 1.165) is 56.3 Å². The Morgan fingerprint density at radius 1 is 1.18 bits per heavy atom. The molecular formula is C25H35ClN4O4. The molecule has 0 aromatic heterocycles. The minimum Gasteiger partial charge on any atom is -0.462 e. The number of nitrogens with zero attached hydrogens (tertiary/aromatic N) is 3. The summed E-state index contributed by atoms with van der Waals surface area (Å²) in [5.41, 5.74) is 0.694. The number of esters is 1. The van der Waals surface area contributed by atoms with Crippen molar-refractivity contribution in [2.75, 3.05) is 50.7 Å². The summed E-state index contributed by atoms with van der Waals surface area (Å²) in [5.74, 6) is -0.419. The molecule has 1 aromatic rings. The van der Waals surface area contributed by atoms with Crippen molar-refractivity contribution in [3.63, 3.8) is 0 Å². The molecule has 3 saturated heterocycles. The quantitative estimate of drug-likeness (QED) is 0.616. The van der Waals surface area contributed by atoms with E-state index in [1.165, 1.54) is 6.92 Å². The molecule has 186 valence electrons. The van der Waals surface area contributed by atoms with Gasteiger partial charge in [0.15, 0.2) is 0 Å². The van der Waals surface area contributed by atoms with E-state index in [0.29, 0.717) is 25.9 Å². The Balaban J connectivity index is 1.21. The van der Waals surface area contributed by atoms with Gasteiger partial charge in [-0.05, 0) is 44.4 Å². The lowest BCUT2D eigenvalue weighted by Crippen LogP contribution is -2.51. The Morgan fingerprint density at radius 3 is 2.53 bits per heavy atom. The number of hydrogen-bond donors (Lipinski definition) is 1. The van der Waals surface area contributed by atoms with Gasteiger partial charge in [-0.3, -0.25) is 19.3 Å². The standard InChI is InChI=1S/C25H35ClN4O4/c1-18(27-19(2)31)23(32)30-10-7-25(8-11-30)17-22(34-24(25)33)6-9-28-12-14-29(15-13-28)21-5-3-4-20(26)16-21/h3-5,16,18,22H,6-15,17H2,1-2H3,(H,27,31)/t18?,22-/m0/s1. The van der Waals surface area contributed by atoms with Crippen molar-refractivity contribution >= 4 is 35.1 Å². The van der Waals surface area contributed by atoms with Crippen molar-refractivity contribution in [3.8, 4) is 0 Å². The number of rotatable bonds is 6. The number of halogens is 1. The molecule has 0 saturated carbocycles. The molecule has 1 N–H and O–H groups in total. The van der Waals surface area contributed by atoms with Crippen LogP contribution < -0.4 is 10.2 Å². The minimum absolute atomic E-state index is 0.0565. The summed E-state index contributed by atoms with van der Waals surface area (Å²) in [5, 5.41) is 3.40. The maximum Gasteiger partial charge on any atom is 0.312 e. The van der Waals surface area contributed by atoms with Gasteiger partial charge in [0.1, 0.15) is 12.1 Å². The Hall–Kier alpha value is -2.32. The summed E-state index contributed by atoms with van der Waals surface area (Å²) >= 11 is 6.13. The number of likely N-dealkylation sites (tertiary alicyclic amines) is 1. The average Bonchev–Trinajstić information content (AvgIpc) is 3.12. The average molecular weight is 491 g/mol. The number of amides is 2. The number of hydrogen-bond acceptors (Lipinski definition) is 6. The van der Waals surface area contributed by atoms with Gasteiger partial charge in [-0.15, -0.1) is 0 Å². The fraction of sp³-hybridized carbons (Fsp3) is 0.640. The zero-order valence-corrected chi connectivity index (χ0v) is 20.9. The van der Waals surface area contributed by atoms with Gasteiger partial charge in [0, 0.05) is 69.9 Å². The van der Waals surface area contributed by atoms with E-state index in [-0.39, 0.29) is 23.9 Å². The van der Waals surface area contributed by atoms with E-state index in [1.54, 1.807) is 11.8 Å². The van der Waals surface area contributed by atoms with Crippen LogP contribution >= 0.6 is 11.6 Å². The molecule has 4 rings (SSSR count). The fourth-order valence-corrected chi connectivity index (χ4v) is 5.62. The first-order valence-corrected chi connectivity index (χ1v) is 12.6. The molecular weight excluding hydrogens is 456 g/mol. The van der Waals surface area contributed by atoms with Crippen LogP contribution in [0.4, 0.5) is 5.69 Å². The molecule has 1 spiro atoms. The van der Waals surface area contributed by atoms with Gasteiger partial charge >= 0.3 is 5.97 Å². The summed E-state index contributed by atoms with van der Waals surface area (Å²) < 4.78 is 5.79. The van der Waals surface area contributed by atoms with Crippen LogP contribution in [-0.4, -0.2) is 85.5 Å². The topological polar surface area (TPSA) is 82.2 Å². The second-order valence-corrected chi connectivity index (χ2v) is 10.3. The summed E-state index contributed by atoms with van der Waals surface area (Å²) in [6.07, 6.45) is 2.77. The Kier molecular flexibility index (Phi) is 7.67. The summed E-state index contributed by atoms with van der Waals surface area (Å²) in [6, 6.07) is 7.43. The number of carbonyl (C=O) groups excluding carboxylic acids is 3. The van der Waals surface area contributed by atoms with Crippen LogP contribution in [0.25, 0.3) is 0 Å². The molecule has 34 heavy (non-hydrogen) atoms. The van der Waals surface area contributed by atoms with E-state index in [2.05, 4.69) is 21.2 Å². The molecule has 2 amide bonds. The van der Waals surface area contributed by atoms with Crippen LogP contribution in [-0.2, 0) is 19.1 Å². The predicted molar refractivity (Wildman–Crippen MR) is 131 cm³/mol. The van der Waals surface area contributed by atoms with Crippen LogP contribution in [0.5, 0.6) is 0 Å². The van der Waals surface area contributed by atoms with Crippen molar-refractivity contribution in [1.29, 1.82) is 0 Å². The first-order valence-electron chi connectivity index (χ1n) is 12.3. The number of benzene rings is 1. The van der Waals surface area contributed by atoms with E-state index in [1.807, 2.05) is 18.2 Å². The molecule has 9 heteroatoms. The highest BCUT2D eigenvalue weighted by molar-refractivity contribution is 6.30. The lowest BCUT2D eigenvalue weighted by atomic mass is 9.75. The third-order valence-electron chi connectivity index (χ3n) is 7.46. The van der Waals surface area contributed by atoms with Gasteiger partial charge in [0.25, 0.3) is 0 Å². The van der Waals surface area contributed by atoms with Gasteiger partial charge in [-0.25, -0.2) is 0 Å². The number of anilines is 1. The molecule has 3 heterocycles. The van der Waals surface area contributed by atoms with Crippen LogP contribution in [0.1, 0.15) is 39.5 Å². The Labute approximate surface area is 206 Å². The summed E-state index contributed by atoms with van der Waals surface area (Å²) in [7, 11) is 0. The zero-order chi connectivity index (χ0) is 24.3. The smallest absolute Gasteiger partial charge is 0.312 e. The first-order chi connectivity index (χ1) is 16.3. The fourth-order valence-electron chi connectivity index (χ4n) is 5.43. The molecule has 0 bridgehead atoms. The normalized spacial score (nSPS) is 23.6. The maximum absolute atomic E-state index is 12.8. The molecule has 1 aromatic carbocycles. The van der Waals surface area contributed by atoms with Gasteiger partial charge in [-0.1, -0.05) is 17.7 Å². The van der Waals surface area contributed by atoms with Gasteiger partial charge < -0.3 is 19.9 Å². The van der Waals surface area contributed by atoms with Crippen molar-refractivity contribution in [2.45, 2.75) is 51.7 Å². The van der Waals surface area contributed by atoms with Crippen molar-refractivity contribution in [3.05, 3.63) is 29.3 Å². The number of carbonyl (C=O) groups is 3. The zero-order valence-electron chi connectivity index (χ0n) is 20.1. The van der Waals surface area contributed by atoms with Crippen LogP contribution in [0.2, 0.25) is 5.02 Å². The lowest BCUT2D eigenvalue weighted by Gasteiger charge is -2.37. The molecule has 3 fully saturated rings. The Morgan fingerprint density at radius 2 is 1.88 bits per heavy atom. The molecule has 0 aliphatic carbocycles. The third-order valence-corrected chi connectivity index (χ3v) is 7.70. The summed E-state index contributed by atoms with van der Waals surface area (Å²) in [4.78, 5) is 43.1. The highest BCUT2D eigenvalue weighted by Crippen LogP contribution is 2.44. The monoisotopic (exact) mass is 490 g/mol. The van der Waals surface area contributed by atoms with Crippen LogP contribution in [0, 0.1) is 5.41 Å². The molecule has 1 unspecified atom stereocenters. The first kappa shape index (κ1) is 24.8. The number of ether oxygens (including phenoxy) is 1. The third kappa shape index (κ3) is 5.66. The highest BCUT2D eigenvalue weighted by Gasteiger charge is 2.50. The largest absolute Gasteiger partial charge is 0.462 e. The summed E-state index contributed by atoms with van der Waals surface area (Å²) in [6.45, 7) is 8.92. The van der Waals surface area contributed by atoms with Crippen molar-refractivity contribution in [2.24, 2.45) is 5.41 Å². The molecule has 3 aliphatic rings.